The third kappa shape index (κ3) is 3.35. The van der Waals surface area contributed by atoms with Gasteiger partial charge in [0.05, 0.1) is 0 Å². The normalized spacial score (nSPS) is 14.1. The smallest absolute Gasteiger partial charge is 0.251 e. The number of nitrogens with one attached hydrogen (secondary N) is 2. The molecule has 2 N–H and O–H groups in total. The molecule has 1 fully saturated rings. The third-order valence-electron chi connectivity index (χ3n) is 3.08. The molecule has 1 aliphatic carbocycles. The van der Waals surface area contributed by atoms with E-state index in [9.17, 15) is 4.79 Å². The van der Waals surface area contributed by atoms with Gasteiger partial charge >= 0.3 is 0 Å². The highest BCUT2D eigenvalue weighted by Gasteiger charge is 2.23. The van der Waals surface area contributed by atoms with Crippen molar-refractivity contribution in [2.24, 2.45) is 0 Å². The van der Waals surface area contributed by atoms with Crippen LogP contribution in [0.4, 0.5) is 5.69 Å². The summed E-state index contributed by atoms with van der Waals surface area (Å²) in [4.78, 5) is 13.2. The van der Waals surface area contributed by atoms with Crippen molar-refractivity contribution in [2.75, 3.05) is 5.32 Å². The van der Waals surface area contributed by atoms with E-state index in [0.717, 1.165) is 30.6 Å². The first-order valence-electron chi connectivity index (χ1n) is 6.48. The second-order valence-corrected chi connectivity index (χ2v) is 5.79. The van der Waals surface area contributed by atoms with Gasteiger partial charge in [-0.25, -0.2) is 0 Å². The Bertz CT molecular complexity index is 561. The van der Waals surface area contributed by atoms with Crippen molar-refractivity contribution in [2.45, 2.75) is 25.4 Å². The van der Waals surface area contributed by atoms with E-state index in [-0.39, 0.29) is 5.91 Å². The summed E-state index contributed by atoms with van der Waals surface area (Å²) in [7, 11) is 0. The number of benzene rings is 1. The molecule has 1 amide bonds. The summed E-state index contributed by atoms with van der Waals surface area (Å²) < 4.78 is 0. The van der Waals surface area contributed by atoms with Crippen LogP contribution in [0.3, 0.4) is 0 Å². The van der Waals surface area contributed by atoms with Crippen molar-refractivity contribution >= 4 is 22.9 Å². The predicted molar refractivity (Wildman–Crippen MR) is 78.6 cm³/mol. The molecule has 98 valence electrons. The predicted octanol–water partition coefficient (Wildman–Crippen LogP) is 3.25. The maximum Gasteiger partial charge on any atom is 0.251 e. The van der Waals surface area contributed by atoms with E-state index in [0.29, 0.717) is 6.04 Å². The lowest BCUT2D eigenvalue weighted by atomic mass is 10.2. The minimum atomic E-state index is 0.0299. The van der Waals surface area contributed by atoms with Crippen LogP contribution in [-0.4, -0.2) is 11.9 Å². The molecule has 0 aliphatic heterocycles. The van der Waals surface area contributed by atoms with Crippen molar-refractivity contribution in [3.8, 4) is 0 Å². The van der Waals surface area contributed by atoms with E-state index in [2.05, 4.69) is 22.1 Å². The maximum atomic E-state index is 11.9. The highest BCUT2D eigenvalue weighted by Crippen LogP contribution is 2.20. The molecule has 0 atom stereocenters. The number of hydrogen-bond donors (Lipinski definition) is 2. The van der Waals surface area contributed by atoms with Gasteiger partial charge in [-0.3, -0.25) is 4.79 Å². The molecule has 0 bridgehead atoms. The van der Waals surface area contributed by atoms with Gasteiger partial charge in [0.2, 0.25) is 0 Å². The van der Waals surface area contributed by atoms with Crippen LogP contribution in [0.1, 0.15) is 28.1 Å². The lowest BCUT2D eigenvalue weighted by Gasteiger charge is -2.08. The Labute approximate surface area is 116 Å². The molecule has 1 aliphatic rings. The average molecular weight is 272 g/mol. The van der Waals surface area contributed by atoms with Gasteiger partial charge in [-0.1, -0.05) is 12.1 Å². The van der Waals surface area contributed by atoms with Crippen LogP contribution < -0.4 is 10.6 Å². The van der Waals surface area contributed by atoms with Crippen LogP contribution in [0.25, 0.3) is 0 Å². The van der Waals surface area contributed by atoms with Gasteiger partial charge in [-0.15, -0.1) is 11.3 Å². The Morgan fingerprint density at radius 2 is 2.16 bits per heavy atom. The van der Waals surface area contributed by atoms with E-state index in [1.807, 2.05) is 30.3 Å². The largest absolute Gasteiger partial charge is 0.380 e. The standard InChI is InChI=1S/C15H16N2OS/c18-15(17-12-6-7-12)11-3-1-4-13(9-11)16-10-14-5-2-8-19-14/h1-5,8-9,12,16H,6-7,10H2,(H,17,18). The van der Waals surface area contributed by atoms with Gasteiger partial charge in [-0.2, -0.15) is 0 Å². The topological polar surface area (TPSA) is 41.1 Å². The molecule has 1 aromatic heterocycles. The number of amides is 1. The molecule has 1 aromatic carbocycles. The van der Waals surface area contributed by atoms with Crippen molar-refractivity contribution in [1.82, 2.24) is 5.32 Å². The van der Waals surface area contributed by atoms with Gasteiger partial charge in [0.1, 0.15) is 0 Å². The number of anilines is 1. The zero-order valence-corrected chi connectivity index (χ0v) is 11.4. The number of thiophene rings is 1. The summed E-state index contributed by atoms with van der Waals surface area (Å²) in [5.74, 6) is 0.0299. The Hall–Kier alpha value is -1.81. The van der Waals surface area contributed by atoms with Crippen LogP contribution in [0.5, 0.6) is 0 Å². The fourth-order valence-corrected chi connectivity index (χ4v) is 2.51. The van der Waals surface area contributed by atoms with Gasteiger partial charge in [0.25, 0.3) is 5.91 Å². The van der Waals surface area contributed by atoms with Crippen LogP contribution in [0.15, 0.2) is 41.8 Å². The van der Waals surface area contributed by atoms with Crippen LogP contribution in [0.2, 0.25) is 0 Å². The van der Waals surface area contributed by atoms with Crippen LogP contribution >= 0.6 is 11.3 Å². The summed E-state index contributed by atoms with van der Waals surface area (Å²) in [5, 5.41) is 8.41. The highest BCUT2D eigenvalue weighted by atomic mass is 32.1. The molecule has 19 heavy (non-hydrogen) atoms. The van der Waals surface area contributed by atoms with Gasteiger partial charge < -0.3 is 10.6 Å². The van der Waals surface area contributed by atoms with Crippen LogP contribution in [0, 0.1) is 0 Å². The van der Waals surface area contributed by atoms with Crippen molar-refractivity contribution < 1.29 is 4.79 Å². The SMILES string of the molecule is O=C(NC1CC1)c1cccc(NCc2cccs2)c1. The molecule has 0 saturated heterocycles. The minimum absolute atomic E-state index is 0.0299. The van der Waals surface area contributed by atoms with E-state index in [4.69, 9.17) is 0 Å². The van der Waals surface area contributed by atoms with E-state index in [1.54, 1.807) is 11.3 Å². The molecule has 3 rings (SSSR count). The second kappa shape index (κ2) is 5.45. The first-order chi connectivity index (χ1) is 9.31. The van der Waals surface area contributed by atoms with Crippen molar-refractivity contribution in [1.29, 1.82) is 0 Å². The third-order valence-corrected chi connectivity index (χ3v) is 3.96. The van der Waals surface area contributed by atoms with Gasteiger partial charge in [-0.05, 0) is 42.5 Å². The zero-order valence-electron chi connectivity index (χ0n) is 10.6. The summed E-state index contributed by atoms with van der Waals surface area (Å²) >= 11 is 1.73. The Morgan fingerprint density at radius 3 is 2.89 bits per heavy atom. The summed E-state index contributed by atoms with van der Waals surface area (Å²) in [6.45, 7) is 0.797. The number of carbonyl (C=O) groups excluding carboxylic acids is 1. The molecular weight excluding hydrogens is 256 g/mol. The highest BCUT2D eigenvalue weighted by molar-refractivity contribution is 7.09. The van der Waals surface area contributed by atoms with Gasteiger partial charge in [0, 0.05) is 28.7 Å². The lowest BCUT2D eigenvalue weighted by Crippen LogP contribution is -2.25. The minimum Gasteiger partial charge on any atom is -0.380 e. The quantitative estimate of drug-likeness (QED) is 0.877. The summed E-state index contributed by atoms with van der Waals surface area (Å²) in [5.41, 5.74) is 1.71. The summed E-state index contributed by atoms with van der Waals surface area (Å²) in [6.07, 6.45) is 2.23. The molecule has 3 nitrogen and oxygen atoms in total. The first-order valence-corrected chi connectivity index (χ1v) is 7.36. The van der Waals surface area contributed by atoms with Crippen molar-refractivity contribution in [3.05, 3.63) is 52.2 Å². The Morgan fingerprint density at radius 1 is 1.26 bits per heavy atom. The fourth-order valence-electron chi connectivity index (χ4n) is 1.87. The van der Waals surface area contributed by atoms with E-state index < -0.39 is 0 Å². The fraction of sp³-hybridized carbons (Fsp3) is 0.267. The molecule has 0 spiro atoms. The number of rotatable bonds is 5. The first kappa shape index (κ1) is 12.2. The Kier molecular flexibility index (Phi) is 3.51. The monoisotopic (exact) mass is 272 g/mol. The maximum absolute atomic E-state index is 11.9. The van der Waals surface area contributed by atoms with Gasteiger partial charge in [0.15, 0.2) is 0 Å². The van der Waals surface area contributed by atoms with E-state index >= 15 is 0 Å². The number of hydrogen-bond acceptors (Lipinski definition) is 3. The lowest BCUT2D eigenvalue weighted by molar-refractivity contribution is 0.0951. The molecule has 1 heterocycles. The molecule has 2 aromatic rings. The van der Waals surface area contributed by atoms with Crippen LogP contribution in [-0.2, 0) is 6.54 Å². The van der Waals surface area contributed by atoms with E-state index in [1.165, 1.54) is 4.88 Å². The summed E-state index contributed by atoms with van der Waals surface area (Å²) in [6, 6.07) is 12.2. The molecule has 4 heteroatoms. The molecule has 0 radical (unpaired) electrons. The second-order valence-electron chi connectivity index (χ2n) is 4.76. The molecular formula is C15H16N2OS. The zero-order chi connectivity index (χ0) is 13.1. The molecule has 1 saturated carbocycles. The Balaban J connectivity index is 1.63. The molecule has 0 unspecified atom stereocenters. The number of carbonyl (C=O) groups is 1. The van der Waals surface area contributed by atoms with Crippen molar-refractivity contribution in [3.63, 3.8) is 0 Å². The average Bonchev–Trinajstić information content (AvgIpc) is 3.09.